The summed E-state index contributed by atoms with van der Waals surface area (Å²) in [5, 5.41) is -0.476. The molecule has 1 aromatic rings. The third kappa shape index (κ3) is 13.1. The molecule has 0 aliphatic heterocycles. The summed E-state index contributed by atoms with van der Waals surface area (Å²) >= 11 is 6.47. The molecule has 1 aromatic carbocycles. The quantitative estimate of drug-likeness (QED) is 0.0388. The number of hydrogen-bond donors (Lipinski definition) is 0. The van der Waals surface area contributed by atoms with Crippen LogP contribution >= 0.6 is 11.6 Å². The molecule has 1 aliphatic carbocycles. The van der Waals surface area contributed by atoms with E-state index in [4.69, 9.17) is 35.3 Å². The minimum absolute atomic E-state index is 0.126. The van der Waals surface area contributed by atoms with Crippen LogP contribution in [0, 0.1) is 0 Å². The Labute approximate surface area is 245 Å². The predicted molar refractivity (Wildman–Crippen MR) is 157 cm³/mol. The zero-order valence-electron chi connectivity index (χ0n) is 23.1. The van der Waals surface area contributed by atoms with E-state index >= 15 is 0 Å². The minimum Gasteiger partial charge on any atom is -0.493 e. The summed E-state index contributed by atoms with van der Waals surface area (Å²) < 4.78 is 26.9. The molecule has 1 atom stereocenters. The average molecular weight is 583 g/mol. The van der Waals surface area contributed by atoms with E-state index < -0.39 is 23.3 Å². The highest BCUT2D eigenvalue weighted by Gasteiger charge is 2.21. The Kier molecular flexibility index (Phi) is 14.5. The van der Waals surface area contributed by atoms with E-state index in [0.717, 1.165) is 17.7 Å². The second-order valence-corrected chi connectivity index (χ2v) is 9.19. The molecular weight excluding hydrogens is 548 g/mol. The summed E-state index contributed by atoms with van der Waals surface area (Å²) in [5.74, 6) is 0.670. The molecule has 1 unspecified atom stereocenters. The number of carbonyl (C=O) groups excluding carboxylic acids is 3. The van der Waals surface area contributed by atoms with Gasteiger partial charge in [-0.3, -0.25) is 4.79 Å². The maximum atomic E-state index is 12.3. The summed E-state index contributed by atoms with van der Waals surface area (Å²) in [6, 6.07) is 7.44. The predicted octanol–water partition coefficient (Wildman–Crippen LogP) is 6.55. The Morgan fingerprint density at radius 3 is 2.37 bits per heavy atom. The lowest BCUT2D eigenvalue weighted by molar-refractivity contribution is -0.140. The van der Waals surface area contributed by atoms with Gasteiger partial charge in [-0.25, -0.2) is 9.59 Å². The van der Waals surface area contributed by atoms with Crippen LogP contribution in [0.4, 0.5) is 0 Å². The summed E-state index contributed by atoms with van der Waals surface area (Å²) in [6.45, 7) is 13.3. The molecule has 0 heterocycles. The molecule has 0 spiro atoms. The van der Waals surface area contributed by atoms with Gasteiger partial charge in [0, 0.05) is 31.4 Å². The van der Waals surface area contributed by atoms with Gasteiger partial charge >= 0.3 is 17.9 Å². The molecule has 0 N–H and O–H groups in total. The van der Waals surface area contributed by atoms with Gasteiger partial charge in [0.05, 0.1) is 18.6 Å². The van der Waals surface area contributed by atoms with Crippen molar-refractivity contribution in [3.05, 3.63) is 115 Å². The lowest BCUT2D eigenvalue weighted by Crippen LogP contribution is -2.15. The Balaban J connectivity index is 1.74. The molecule has 1 aliphatic rings. The molecule has 0 saturated heterocycles. The van der Waals surface area contributed by atoms with Crippen LogP contribution in [0.25, 0.3) is 0 Å². The number of benzene rings is 1. The number of carbonyl (C=O) groups is 3. The van der Waals surface area contributed by atoms with Gasteiger partial charge in [-0.1, -0.05) is 43.5 Å². The molecule has 0 saturated carbocycles. The molecule has 9 heteroatoms. The van der Waals surface area contributed by atoms with E-state index in [1.165, 1.54) is 0 Å². The molecular formula is C32H35ClO8. The van der Waals surface area contributed by atoms with E-state index in [9.17, 15) is 14.4 Å². The first kappa shape index (κ1) is 32.9. The molecule has 0 bridgehead atoms. The van der Waals surface area contributed by atoms with Gasteiger partial charge < -0.3 is 23.7 Å². The zero-order chi connectivity index (χ0) is 30.0. The molecule has 8 nitrogen and oxygen atoms in total. The Hall–Kier alpha value is -4.30. The first-order valence-corrected chi connectivity index (χ1v) is 13.4. The molecule has 0 amide bonds. The number of hydrogen-bond acceptors (Lipinski definition) is 8. The molecule has 2 rings (SSSR count). The maximum absolute atomic E-state index is 12.3. The van der Waals surface area contributed by atoms with Crippen molar-refractivity contribution in [2.45, 2.75) is 44.6 Å². The van der Waals surface area contributed by atoms with Crippen LogP contribution in [0.1, 0.15) is 38.2 Å². The smallest absolute Gasteiger partial charge is 0.335 e. The normalized spacial score (nSPS) is 14.8. The first-order valence-electron chi connectivity index (χ1n) is 13.0. The van der Waals surface area contributed by atoms with Crippen molar-refractivity contribution in [1.29, 1.82) is 0 Å². The second kappa shape index (κ2) is 18.1. The van der Waals surface area contributed by atoms with Crippen LogP contribution < -0.4 is 4.74 Å². The van der Waals surface area contributed by atoms with Crippen LogP contribution in [0.2, 0.25) is 0 Å². The van der Waals surface area contributed by atoms with Crippen LogP contribution in [0.5, 0.6) is 5.75 Å². The number of esters is 3. The van der Waals surface area contributed by atoms with Crippen LogP contribution in [-0.2, 0) is 39.9 Å². The SMILES string of the molecule is C=CC(=O)OCCCOc1ccc(COC2=CC=C(OC(=O)CCC(=C)/C=C\C(=C/C)OC(=O)C=C)CC2Cl)cc1. The highest BCUT2D eigenvalue weighted by Crippen LogP contribution is 2.27. The van der Waals surface area contributed by atoms with Gasteiger partial charge in [-0.05, 0) is 55.3 Å². The molecule has 0 aromatic heterocycles. The molecule has 0 fully saturated rings. The standard InChI is InChI=1S/C32H35ClO8/c1-5-25(40-31(35)7-3)13-9-23(4)10-18-32(36)41-27-16-17-29(28(33)21-27)39-22-24-11-14-26(15-12-24)37-19-8-20-38-30(34)6-2/h5-7,9,11-17,28H,2-4,8,10,18-22H2,1H3/b13-9-,25-5+. The number of ether oxygens (including phenoxy) is 5. The van der Waals surface area contributed by atoms with Gasteiger partial charge in [-0.15, -0.1) is 11.6 Å². The number of rotatable bonds is 17. The van der Waals surface area contributed by atoms with Gasteiger partial charge in [0.25, 0.3) is 0 Å². The lowest BCUT2D eigenvalue weighted by atomic mass is 10.1. The van der Waals surface area contributed by atoms with Gasteiger partial charge in [0.1, 0.15) is 29.6 Å². The third-order valence-corrected chi connectivity index (χ3v) is 5.84. The lowest BCUT2D eigenvalue weighted by Gasteiger charge is -2.20. The maximum Gasteiger partial charge on any atom is 0.335 e. The largest absolute Gasteiger partial charge is 0.493 e. The summed E-state index contributed by atoms with van der Waals surface area (Å²) in [6.07, 6.45) is 11.9. The highest BCUT2D eigenvalue weighted by atomic mass is 35.5. The van der Waals surface area contributed by atoms with Crippen LogP contribution in [0.3, 0.4) is 0 Å². The van der Waals surface area contributed by atoms with Crippen molar-refractivity contribution < 1.29 is 38.1 Å². The number of allylic oxidation sites excluding steroid dienone is 8. The average Bonchev–Trinajstić information content (AvgIpc) is 2.97. The fraction of sp³-hybridized carbons (Fsp3) is 0.281. The molecule has 218 valence electrons. The van der Waals surface area contributed by atoms with E-state index in [0.29, 0.717) is 61.1 Å². The van der Waals surface area contributed by atoms with Crippen molar-refractivity contribution in [1.82, 2.24) is 0 Å². The molecule has 41 heavy (non-hydrogen) atoms. The topological polar surface area (TPSA) is 97.4 Å². The van der Waals surface area contributed by atoms with E-state index in [1.54, 1.807) is 37.3 Å². The Morgan fingerprint density at radius 2 is 1.71 bits per heavy atom. The van der Waals surface area contributed by atoms with Crippen molar-refractivity contribution in [3.8, 4) is 5.75 Å². The van der Waals surface area contributed by atoms with Gasteiger partial charge in [0.15, 0.2) is 0 Å². The summed E-state index contributed by atoms with van der Waals surface area (Å²) in [5.41, 5.74) is 1.60. The fourth-order valence-electron chi connectivity index (χ4n) is 3.26. The van der Waals surface area contributed by atoms with Crippen molar-refractivity contribution in [2.24, 2.45) is 0 Å². The minimum atomic E-state index is -0.558. The summed E-state index contributed by atoms with van der Waals surface area (Å²) in [7, 11) is 0. The van der Waals surface area contributed by atoms with Gasteiger partial charge in [0.2, 0.25) is 0 Å². The second-order valence-electron chi connectivity index (χ2n) is 8.66. The molecule has 0 radical (unpaired) electrons. The third-order valence-electron chi connectivity index (χ3n) is 5.47. The first-order chi connectivity index (χ1) is 19.7. The van der Waals surface area contributed by atoms with Crippen LogP contribution in [-0.4, -0.2) is 36.5 Å². The Morgan fingerprint density at radius 1 is 0.976 bits per heavy atom. The number of alkyl halides is 1. The Bertz CT molecular complexity index is 1220. The highest BCUT2D eigenvalue weighted by molar-refractivity contribution is 6.22. The fourth-order valence-corrected chi connectivity index (χ4v) is 3.55. The van der Waals surface area contributed by atoms with E-state index in [-0.39, 0.29) is 13.0 Å². The number of halogens is 1. The van der Waals surface area contributed by atoms with Crippen molar-refractivity contribution in [2.75, 3.05) is 13.2 Å². The van der Waals surface area contributed by atoms with Crippen molar-refractivity contribution in [3.63, 3.8) is 0 Å². The van der Waals surface area contributed by atoms with E-state index in [1.807, 2.05) is 24.3 Å². The monoisotopic (exact) mass is 582 g/mol. The van der Waals surface area contributed by atoms with Crippen molar-refractivity contribution >= 4 is 29.5 Å². The van der Waals surface area contributed by atoms with E-state index in [2.05, 4.69) is 19.7 Å². The summed E-state index contributed by atoms with van der Waals surface area (Å²) in [4.78, 5) is 34.6. The van der Waals surface area contributed by atoms with Crippen LogP contribution in [0.15, 0.2) is 109 Å². The zero-order valence-corrected chi connectivity index (χ0v) is 23.9. The van der Waals surface area contributed by atoms with Gasteiger partial charge in [-0.2, -0.15) is 0 Å².